The van der Waals surface area contributed by atoms with E-state index in [1.54, 1.807) is 31.2 Å². The van der Waals surface area contributed by atoms with Gasteiger partial charge in [0.15, 0.2) is 0 Å². The highest BCUT2D eigenvalue weighted by atomic mass is 32.2. The fraction of sp³-hybridized carbons (Fsp3) is 0.400. The van der Waals surface area contributed by atoms with Gasteiger partial charge in [0, 0.05) is 6.04 Å². The Labute approximate surface area is 167 Å². The van der Waals surface area contributed by atoms with Gasteiger partial charge in [-0.05, 0) is 61.1 Å². The lowest BCUT2D eigenvalue weighted by molar-refractivity contribution is 0.443. The molecule has 0 aliphatic heterocycles. The summed E-state index contributed by atoms with van der Waals surface area (Å²) >= 11 is 0. The molecule has 1 saturated carbocycles. The summed E-state index contributed by atoms with van der Waals surface area (Å²) in [5, 5.41) is 5.09. The molecule has 1 aliphatic carbocycles. The standard InChI is InChI=1S/C20H26N2O4S2/c1-15(16-7-11-19(12-8-16)27(21,23)24)22-28(25,26)20-13-9-18(10-14-20)17-5-3-2-4-6-17/h7-15,17,22H,2-6H2,1H3,(H2,21,23,24). The van der Waals surface area contributed by atoms with Crippen LogP contribution in [-0.2, 0) is 20.0 Å². The van der Waals surface area contributed by atoms with E-state index in [4.69, 9.17) is 5.14 Å². The van der Waals surface area contributed by atoms with Crippen LogP contribution in [0.4, 0.5) is 0 Å². The first-order chi connectivity index (χ1) is 13.2. The summed E-state index contributed by atoms with van der Waals surface area (Å²) in [5.74, 6) is 0.523. The third-order valence-electron chi connectivity index (χ3n) is 5.31. The maximum absolute atomic E-state index is 12.7. The Morgan fingerprint density at radius 3 is 1.93 bits per heavy atom. The molecular formula is C20H26N2O4S2. The lowest BCUT2D eigenvalue weighted by atomic mass is 9.84. The number of primary sulfonamides is 1. The van der Waals surface area contributed by atoms with Crippen molar-refractivity contribution in [1.29, 1.82) is 0 Å². The van der Waals surface area contributed by atoms with Crippen molar-refractivity contribution in [1.82, 2.24) is 4.72 Å². The van der Waals surface area contributed by atoms with Crippen LogP contribution >= 0.6 is 0 Å². The molecule has 1 atom stereocenters. The van der Waals surface area contributed by atoms with E-state index < -0.39 is 26.1 Å². The summed E-state index contributed by atoms with van der Waals surface area (Å²) in [7, 11) is -7.46. The van der Waals surface area contributed by atoms with E-state index in [2.05, 4.69) is 4.72 Å². The maximum atomic E-state index is 12.7. The SMILES string of the molecule is CC(NS(=O)(=O)c1ccc(C2CCCCC2)cc1)c1ccc(S(N)(=O)=O)cc1. The molecule has 2 aromatic carbocycles. The molecule has 0 saturated heterocycles. The summed E-state index contributed by atoms with van der Waals surface area (Å²) < 4.78 is 50.7. The molecule has 0 spiro atoms. The second kappa shape index (κ2) is 8.32. The van der Waals surface area contributed by atoms with E-state index in [1.807, 2.05) is 12.1 Å². The zero-order valence-electron chi connectivity index (χ0n) is 15.8. The smallest absolute Gasteiger partial charge is 0.225 e. The van der Waals surface area contributed by atoms with Gasteiger partial charge in [-0.25, -0.2) is 26.7 Å². The molecule has 1 unspecified atom stereocenters. The first-order valence-corrected chi connectivity index (χ1v) is 12.4. The van der Waals surface area contributed by atoms with Gasteiger partial charge in [-0.15, -0.1) is 0 Å². The van der Waals surface area contributed by atoms with Crippen molar-refractivity contribution in [3.63, 3.8) is 0 Å². The van der Waals surface area contributed by atoms with Gasteiger partial charge in [0.1, 0.15) is 0 Å². The van der Waals surface area contributed by atoms with Crippen LogP contribution in [-0.4, -0.2) is 16.8 Å². The van der Waals surface area contributed by atoms with Crippen molar-refractivity contribution in [2.24, 2.45) is 5.14 Å². The van der Waals surface area contributed by atoms with Crippen molar-refractivity contribution in [2.45, 2.75) is 60.8 Å². The van der Waals surface area contributed by atoms with Crippen LogP contribution in [0.3, 0.4) is 0 Å². The Balaban J connectivity index is 1.72. The van der Waals surface area contributed by atoms with Gasteiger partial charge in [0.05, 0.1) is 9.79 Å². The average molecular weight is 423 g/mol. The van der Waals surface area contributed by atoms with Crippen LogP contribution in [0.15, 0.2) is 58.3 Å². The van der Waals surface area contributed by atoms with E-state index in [0.29, 0.717) is 11.5 Å². The lowest BCUT2D eigenvalue weighted by Crippen LogP contribution is -2.27. The second-order valence-electron chi connectivity index (χ2n) is 7.36. The Hall–Kier alpha value is -1.74. The van der Waals surface area contributed by atoms with Crippen LogP contribution in [0.1, 0.15) is 62.1 Å². The Morgan fingerprint density at radius 2 is 1.39 bits per heavy atom. The van der Waals surface area contributed by atoms with Crippen molar-refractivity contribution in [3.05, 3.63) is 59.7 Å². The van der Waals surface area contributed by atoms with E-state index >= 15 is 0 Å². The first-order valence-electron chi connectivity index (χ1n) is 9.42. The highest BCUT2D eigenvalue weighted by Crippen LogP contribution is 2.33. The monoisotopic (exact) mass is 422 g/mol. The number of sulfonamides is 2. The van der Waals surface area contributed by atoms with E-state index in [0.717, 1.165) is 12.8 Å². The van der Waals surface area contributed by atoms with E-state index in [1.165, 1.54) is 37.0 Å². The summed E-state index contributed by atoms with van der Waals surface area (Å²) in [5.41, 5.74) is 1.85. The summed E-state index contributed by atoms with van der Waals surface area (Å²) in [4.78, 5) is 0.213. The summed E-state index contributed by atoms with van der Waals surface area (Å²) in [6, 6.07) is 12.5. The molecule has 1 aliphatic rings. The van der Waals surface area contributed by atoms with Gasteiger partial charge in [-0.1, -0.05) is 43.5 Å². The molecule has 0 aromatic heterocycles. The highest BCUT2D eigenvalue weighted by Gasteiger charge is 2.20. The topological polar surface area (TPSA) is 106 Å². The van der Waals surface area contributed by atoms with E-state index in [9.17, 15) is 16.8 Å². The Bertz CT molecular complexity index is 1010. The molecule has 8 heteroatoms. The van der Waals surface area contributed by atoms with Crippen LogP contribution in [0, 0.1) is 0 Å². The number of rotatable bonds is 6. The predicted molar refractivity (Wildman–Crippen MR) is 109 cm³/mol. The first kappa shape index (κ1) is 21.0. The number of hydrogen-bond acceptors (Lipinski definition) is 4. The lowest BCUT2D eigenvalue weighted by Gasteiger charge is -2.22. The summed E-state index contributed by atoms with van der Waals surface area (Å²) in [6.07, 6.45) is 6.07. The Morgan fingerprint density at radius 1 is 0.857 bits per heavy atom. The number of hydrogen-bond donors (Lipinski definition) is 2. The molecule has 0 heterocycles. The van der Waals surface area contributed by atoms with Crippen LogP contribution in [0.2, 0.25) is 0 Å². The fourth-order valence-electron chi connectivity index (χ4n) is 3.67. The molecule has 2 aromatic rings. The van der Waals surface area contributed by atoms with Gasteiger partial charge in [-0.3, -0.25) is 0 Å². The molecular weight excluding hydrogens is 396 g/mol. The molecule has 0 bridgehead atoms. The zero-order valence-corrected chi connectivity index (χ0v) is 17.5. The molecule has 6 nitrogen and oxygen atoms in total. The maximum Gasteiger partial charge on any atom is 0.241 e. The molecule has 3 N–H and O–H groups in total. The van der Waals surface area contributed by atoms with Crippen LogP contribution in [0.25, 0.3) is 0 Å². The van der Waals surface area contributed by atoms with Gasteiger partial charge < -0.3 is 0 Å². The predicted octanol–water partition coefficient (Wildman–Crippen LogP) is 3.42. The van der Waals surface area contributed by atoms with Crippen molar-refractivity contribution in [3.8, 4) is 0 Å². The third kappa shape index (κ3) is 5.00. The molecule has 0 radical (unpaired) electrons. The molecule has 28 heavy (non-hydrogen) atoms. The van der Waals surface area contributed by atoms with Crippen molar-refractivity contribution >= 4 is 20.0 Å². The minimum atomic E-state index is -3.78. The Kier molecular flexibility index (Phi) is 6.24. The van der Waals surface area contributed by atoms with Gasteiger partial charge in [-0.2, -0.15) is 0 Å². The molecule has 0 amide bonds. The van der Waals surface area contributed by atoms with Gasteiger partial charge in [0.25, 0.3) is 0 Å². The normalized spacial score (nSPS) is 17.4. The molecule has 1 fully saturated rings. The van der Waals surface area contributed by atoms with Gasteiger partial charge >= 0.3 is 0 Å². The van der Waals surface area contributed by atoms with Crippen LogP contribution in [0.5, 0.6) is 0 Å². The molecule has 152 valence electrons. The summed E-state index contributed by atoms with van der Waals surface area (Å²) in [6.45, 7) is 1.71. The highest BCUT2D eigenvalue weighted by molar-refractivity contribution is 7.89. The molecule has 3 rings (SSSR count). The van der Waals surface area contributed by atoms with Crippen molar-refractivity contribution < 1.29 is 16.8 Å². The number of benzene rings is 2. The fourth-order valence-corrected chi connectivity index (χ4v) is 5.42. The third-order valence-corrected chi connectivity index (χ3v) is 7.79. The quantitative estimate of drug-likeness (QED) is 0.744. The zero-order chi connectivity index (χ0) is 20.4. The minimum Gasteiger partial charge on any atom is -0.225 e. The van der Waals surface area contributed by atoms with E-state index in [-0.39, 0.29) is 9.79 Å². The second-order valence-corrected chi connectivity index (χ2v) is 10.6. The van der Waals surface area contributed by atoms with Gasteiger partial charge in [0.2, 0.25) is 20.0 Å². The van der Waals surface area contributed by atoms with Crippen LogP contribution < -0.4 is 9.86 Å². The average Bonchev–Trinajstić information content (AvgIpc) is 2.68. The largest absolute Gasteiger partial charge is 0.241 e. The number of nitrogens with one attached hydrogen (secondary N) is 1. The minimum absolute atomic E-state index is 0.00962. The number of nitrogens with two attached hydrogens (primary N) is 1. The van der Waals surface area contributed by atoms with Crippen molar-refractivity contribution in [2.75, 3.05) is 0 Å².